The van der Waals surface area contributed by atoms with Gasteiger partial charge in [-0.3, -0.25) is 0 Å². The summed E-state index contributed by atoms with van der Waals surface area (Å²) in [5.74, 6) is 3.16. The average Bonchev–Trinajstić information content (AvgIpc) is 3.33. The van der Waals surface area contributed by atoms with E-state index in [0.717, 1.165) is 35.2 Å². The van der Waals surface area contributed by atoms with E-state index in [1.807, 2.05) is 31.2 Å². The molecule has 0 saturated heterocycles. The molecule has 1 saturated carbocycles. The maximum absolute atomic E-state index is 5.56. The maximum Gasteiger partial charge on any atom is 0.161 e. The molecule has 4 nitrogen and oxygen atoms in total. The van der Waals surface area contributed by atoms with Gasteiger partial charge in [0, 0.05) is 29.8 Å². The summed E-state index contributed by atoms with van der Waals surface area (Å²) < 4.78 is 5.56. The largest absolute Gasteiger partial charge is 0.494 e. The Balaban J connectivity index is 1.97. The monoisotopic (exact) mass is 283 g/mol. The van der Waals surface area contributed by atoms with E-state index in [4.69, 9.17) is 9.72 Å². The van der Waals surface area contributed by atoms with Gasteiger partial charge in [-0.2, -0.15) is 0 Å². The maximum atomic E-state index is 5.56. The fraction of sp³-hybridized carbons (Fsp3) is 0.412. The number of rotatable bonds is 6. The van der Waals surface area contributed by atoms with Crippen LogP contribution in [0.1, 0.15) is 38.3 Å². The molecule has 1 fully saturated rings. The van der Waals surface area contributed by atoms with E-state index in [-0.39, 0.29) is 0 Å². The zero-order valence-corrected chi connectivity index (χ0v) is 12.6. The minimum absolute atomic E-state index is 0.610. The van der Waals surface area contributed by atoms with Crippen LogP contribution >= 0.6 is 0 Å². The zero-order chi connectivity index (χ0) is 14.7. The lowest BCUT2D eigenvalue weighted by molar-refractivity contribution is 0.340. The first-order valence-corrected chi connectivity index (χ1v) is 7.66. The summed E-state index contributed by atoms with van der Waals surface area (Å²) in [6.45, 7) is 5.59. The number of nitrogens with zero attached hydrogens (tertiary/aromatic N) is 2. The van der Waals surface area contributed by atoms with Gasteiger partial charge < -0.3 is 10.1 Å². The Morgan fingerprint density at radius 2 is 2.05 bits per heavy atom. The van der Waals surface area contributed by atoms with Crippen LogP contribution in [-0.2, 0) is 0 Å². The summed E-state index contributed by atoms with van der Waals surface area (Å²) in [5.41, 5.74) is 2.15. The first-order chi connectivity index (χ1) is 10.3. The fourth-order valence-corrected chi connectivity index (χ4v) is 2.35. The van der Waals surface area contributed by atoms with Crippen molar-refractivity contribution in [1.29, 1.82) is 0 Å². The van der Waals surface area contributed by atoms with Crippen LogP contribution < -0.4 is 10.1 Å². The zero-order valence-electron chi connectivity index (χ0n) is 12.6. The molecule has 3 rings (SSSR count). The van der Waals surface area contributed by atoms with Crippen LogP contribution in [0.5, 0.6) is 5.75 Å². The summed E-state index contributed by atoms with van der Waals surface area (Å²) in [7, 11) is 0. The van der Waals surface area contributed by atoms with Crippen molar-refractivity contribution in [2.45, 2.75) is 32.6 Å². The molecular formula is C17H21N3O. The van der Waals surface area contributed by atoms with Crippen molar-refractivity contribution in [3.8, 4) is 17.1 Å². The number of anilines is 1. The molecule has 4 heteroatoms. The van der Waals surface area contributed by atoms with Crippen LogP contribution in [0.3, 0.4) is 0 Å². The predicted molar refractivity (Wildman–Crippen MR) is 84.8 cm³/mol. The van der Waals surface area contributed by atoms with Gasteiger partial charge in [0.15, 0.2) is 5.82 Å². The summed E-state index contributed by atoms with van der Waals surface area (Å²) in [6.07, 6.45) is 2.47. The van der Waals surface area contributed by atoms with E-state index in [1.54, 1.807) is 0 Å². The molecule has 21 heavy (non-hydrogen) atoms. The summed E-state index contributed by atoms with van der Waals surface area (Å²) in [6, 6.07) is 10.1. The van der Waals surface area contributed by atoms with Crippen LogP contribution in [-0.4, -0.2) is 23.1 Å². The van der Waals surface area contributed by atoms with Gasteiger partial charge in [-0.25, -0.2) is 9.97 Å². The molecule has 0 bridgehead atoms. The van der Waals surface area contributed by atoms with E-state index in [9.17, 15) is 0 Å². The van der Waals surface area contributed by atoms with E-state index in [0.29, 0.717) is 12.5 Å². The number of hydrogen-bond donors (Lipinski definition) is 1. The Kier molecular flexibility index (Phi) is 4.04. The van der Waals surface area contributed by atoms with Crippen LogP contribution in [0.2, 0.25) is 0 Å². The lowest BCUT2D eigenvalue weighted by atomic mass is 10.2. The minimum atomic E-state index is 0.610. The van der Waals surface area contributed by atoms with Gasteiger partial charge in [-0.15, -0.1) is 0 Å². The third-order valence-corrected chi connectivity index (χ3v) is 3.50. The second-order valence-corrected chi connectivity index (χ2v) is 5.27. The highest BCUT2D eigenvalue weighted by Gasteiger charge is 2.26. The van der Waals surface area contributed by atoms with Gasteiger partial charge in [-0.1, -0.05) is 12.1 Å². The predicted octanol–water partition coefficient (Wildman–Crippen LogP) is 3.85. The molecule has 0 amide bonds. The number of benzene rings is 1. The van der Waals surface area contributed by atoms with Gasteiger partial charge in [-0.05, 0) is 38.8 Å². The molecule has 110 valence electrons. The molecule has 1 aliphatic carbocycles. The van der Waals surface area contributed by atoms with Gasteiger partial charge in [0.05, 0.1) is 6.61 Å². The lowest BCUT2D eigenvalue weighted by Gasteiger charge is -2.10. The summed E-state index contributed by atoms with van der Waals surface area (Å²) in [5, 5.41) is 3.30. The van der Waals surface area contributed by atoms with Crippen LogP contribution in [0.4, 0.5) is 5.82 Å². The SMILES string of the molecule is CCNc1cc(C2CC2)nc(-c2cccc(OCC)c2)n1. The van der Waals surface area contributed by atoms with Crippen molar-refractivity contribution in [3.63, 3.8) is 0 Å². The molecule has 1 N–H and O–H groups in total. The van der Waals surface area contributed by atoms with E-state index in [2.05, 4.69) is 23.3 Å². The molecule has 0 atom stereocenters. The summed E-state index contributed by atoms with van der Waals surface area (Å²) >= 11 is 0. The van der Waals surface area contributed by atoms with Crippen LogP contribution in [0.15, 0.2) is 30.3 Å². The van der Waals surface area contributed by atoms with Crippen molar-refractivity contribution in [2.75, 3.05) is 18.5 Å². The van der Waals surface area contributed by atoms with Crippen molar-refractivity contribution in [3.05, 3.63) is 36.0 Å². The first-order valence-electron chi connectivity index (χ1n) is 7.66. The highest BCUT2D eigenvalue weighted by Crippen LogP contribution is 2.40. The molecule has 1 aliphatic rings. The number of nitrogens with one attached hydrogen (secondary N) is 1. The molecule has 0 spiro atoms. The number of ether oxygens (including phenoxy) is 1. The van der Waals surface area contributed by atoms with E-state index < -0.39 is 0 Å². The Morgan fingerprint density at radius 1 is 1.19 bits per heavy atom. The van der Waals surface area contributed by atoms with Gasteiger partial charge in [0.25, 0.3) is 0 Å². The molecule has 1 aromatic heterocycles. The molecule has 1 aromatic carbocycles. The first kappa shape index (κ1) is 13.9. The molecule has 0 unspecified atom stereocenters. The lowest BCUT2D eigenvalue weighted by Crippen LogP contribution is -2.03. The smallest absolute Gasteiger partial charge is 0.161 e. The minimum Gasteiger partial charge on any atom is -0.494 e. The van der Waals surface area contributed by atoms with Gasteiger partial charge in [0.1, 0.15) is 11.6 Å². The quantitative estimate of drug-likeness (QED) is 0.874. The standard InChI is InChI=1S/C17H21N3O/c1-3-18-16-11-15(12-8-9-12)19-17(20-16)13-6-5-7-14(10-13)21-4-2/h5-7,10-12H,3-4,8-9H2,1-2H3,(H,18,19,20). The highest BCUT2D eigenvalue weighted by molar-refractivity contribution is 5.60. The number of hydrogen-bond acceptors (Lipinski definition) is 4. The molecule has 0 aliphatic heterocycles. The second kappa shape index (κ2) is 6.12. The van der Waals surface area contributed by atoms with Crippen LogP contribution in [0.25, 0.3) is 11.4 Å². The highest BCUT2D eigenvalue weighted by atomic mass is 16.5. The summed E-state index contributed by atoms with van der Waals surface area (Å²) in [4.78, 5) is 9.37. The van der Waals surface area contributed by atoms with Crippen molar-refractivity contribution < 1.29 is 4.74 Å². The van der Waals surface area contributed by atoms with Gasteiger partial charge in [0.2, 0.25) is 0 Å². The Hall–Kier alpha value is -2.10. The van der Waals surface area contributed by atoms with Crippen molar-refractivity contribution in [1.82, 2.24) is 9.97 Å². The van der Waals surface area contributed by atoms with E-state index >= 15 is 0 Å². The second-order valence-electron chi connectivity index (χ2n) is 5.27. The molecule has 1 heterocycles. The third kappa shape index (κ3) is 3.32. The Morgan fingerprint density at radius 3 is 2.76 bits per heavy atom. The fourth-order valence-electron chi connectivity index (χ4n) is 2.35. The Labute approximate surface area is 125 Å². The normalized spacial score (nSPS) is 14.0. The topological polar surface area (TPSA) is 47.0 Å². The van der Waals surface area contributed by atoms with Crippen LogP contribution in [0, 0.1) is 0 Å². The van der Waals surface area contributed by atoms with E-state index in [1.165, 1.54) is 12.8 Å². The molecule has 2 aromatic rings. The molecular weight excluding hydrogens is 262 g/mol. The third-order valence-electron chi connectivity index (χ3n) is 3.50. The number of aromatic nitrogens is 2. The Bertz CT molecular complexity index is 623. The average molecular weight is 283 g/mol. The van der Waals surface area contributed by atoms with Gasteiger partial charge >= 0.3 is 0 Å². The van der Waals surface area contributed by atoms with Crippen molar-refractivity contribution >= 4 is 5.82 Å². The van der Waals surface area contributed by atoms with Crippen molar-refractivity contribution in [2.24, 2.45) is 0 Å². The molecule has 0 radical (unpaired) electrons.